The molecule has 0 aliphatic rings. The monoisotopic (exact) mass is 409 g/mol. The fraction of sp³-hybridized carbons (Fsp3) is 0.500. The standard InChI is InChI=1S/C14H23N3O3.HI/c1-4-5-6-16-14(15)17-9-10-7-11(19-2)13(18)12(8-10)20-3;/h7-8,18H,4-6,9H2,1-3H3,(H3,15,16,17);1H. The molecule has 0 saturated heterocycles. The van der Waals surface area contributed by atoms with Crippen molar-refractivity contribution in [1.29, 1.82) is 0 Å². The van der Waals surface area contributed by atoms with Crippen molar-refractivity contribution in [2.24, 2.45) is 10.7 Å². The summed E-state index contributed by atoms with van der Waals surface area (Å²) < 4.78 is 10.2. The zero-order valence-corrected chi connectivity index (χ0v) is 15.0. The highest BCUT2D eigenvalue weighted by Crippen LogP contribution is 2.37. The van der Waals surface area contributed by atoms with Gasteiger partial charge in [-0.2, -0.15) is 0 Å². The van der Waals surface area contributed by atoms with Crippen LogP contribution in [0.15, 0.2) is 17.1 Å². The van der Waals surface area contributed by atoms with Crippen LogP contribution in [0.1, 0.15) is 25.3 Å². The second kappa shape index (κ2) is 10.4. The van der Waals surface area contributed by atoms with Gasteiger partial charge in [0.15, 0.2) is 17.5 Å². The van der Waals surface area contributed by atoms with Crippen molar-refractivity contribution >= 4 is 29.9 Å². The highest BCUT2D eigenvalue weighted by atomic mass is 127. The number of nitrogens with two attached hydrogens (primary N) is 1. The molecule has 0 unspecified atom stereocenters. The number of nitrogens with one attached hydrogen (secondary N) is 1. The molecule has 0 saturated carbocycles. The first-order valence-electron chi connectivity index (χ1n) is 6.60. The molecule has 0 atom stereocenters. The van der Waals surface area contributed by atoms with E-state index in [0.717, 1.165) is 24.9 Å². The summed E-state index contributed by atoms with van der Waals surface area (Å²) >= 11 is 0. The number of ether oxygens (including phenoxy) is 2. The number of methoxy groups -OCH3 is 2. The van der Waals surface area contributed by atoms with Gasteiger partial charge in [-0.15, -0.1) is 24.0 Å². The largest absolute Gasteiger partial charge is 0.502 e. The Morgan fingerprint density at radius 1 is 1.29 bits per heavy atom. The highest BCUT2D eigenvalue weighted by Gasteiger charge is 2.10. The third-order valence-corrected chi connectivity index (χ3v) is 2.81. The van der Waals surface area contributed by atoms with E-state index in [1.54, 1.807) is 12.1 Å². The summed E-state index contributed by atoms with van der Waals surface area (Å²) in [5.41, 5.74) is 6.60. The Labute approximate surface area is 142 Å². The molecule has 120 valence electrons. The number of phenolic OH excluding ortho intramolecular Hbond substituents is 1. The molecule has 0 bridgehead atoms. The van der Waals surface area contributed by atoms with E-state index >= 15 is 0 Å². The Hall–Kier alpha value is -1.38. The summed E-state index contributed by atoms with van der Waals surface area (Å²) in [6.45, 7) is 3.32. The van der Waals surface area contributed by atoms with Crippen molar-refractivity contribution in [3.8, 4) is 17.2 Å². The quantitative estimate of drug-likeness (QED) is 0.278. The summed E-state index contributed by atoms with van der Waals surface area (Å²) in [7, 11) is 2.98. The van der Waals surface area contributed by atoms with Crippen LogP contribution in [0.4, 0.5) is 0 Å². The summed E-state index contributed by atoms with van der Waals surface area (Å²) in [6.07, 6.45) is 2.16. The van der Waals surface area contributed by atoms with Gasteiger partial charge in [-0.05, 0) is 24.1 Å². The molecule has 4 N–H and O–H groups in total. The van der Waals surface area contributed by atoms with Crippen LogP contribution in [0.3, 0.4) is 0 Å². The fourth-order valence-corrected chi connectivity index (χ4v) is 1.66. The maximum absolute atomic E-state index is 9.81. The number of aliphatic imine (C=N–C) groups is 1. The summed E-state index contributed by atoms with van der Waals surface area (Å²) in [5.74, 6) is 1.10. The molecule has 0 spiro atoms. The van der Waals surface area contributed by atoms with Gasteiger partial charge >= 0.3 is 0 Å². The van der Waals surface area contributed by atoms with Crippen LogP contribution < -0.4 is 20.5 Å². The summed E-state index contributed by atoms with van der Waals surface area (Å²) in [4.78, 5) is 4.24. The van der Waals surface area contributed by atoms with E-state index in [0.29, 0.717) is 24.0 Å². The molecule has 0 amide bonds. The van der Waals surface area contributed by atoms with Gasteiger partial charge in [-0.3, -0.25) is 0 Å². The summed E-state index contributed by atoms with van der Waals surface area (Å²) in [6, 6.07) is 3.42. The Kier molecular flexibility index (Phi) is 9.68. The third-order valence-electron chi connectivity index (χ3n) is 2.81. The lowest BCUT2D eigenvalue weighted by molar-refractivity contribution is 0.339. The molecular formula is C14H24IN3O3. The van der Waals surface area contributed by atoms with Gasteiger partial charge in [0.2, 0.25) is 5.75 Å². The van der Waals surface area contributed by atoms with E-state index in [4.69, 9.17) is 15.2 Å². The van der Waals surface area contributed by atoms with Gasteiger partial charge in [0, 0.05) is 6.54 Å². The number of phenols is 1. The molecule has 0 aliphatic heterocycles. The molecule has 0 aliphatic carbocycles. The minimum absolute atomic E-state index is 0. The molecule has 7 heteroatoms. The van der Waals surface area contributed by atoms with E-state index < -0.39 is 0 Å². The first-order valence-corrected chi connectivity index (χ1v) is 6.60. The molecular weight excluding hydrogens is 385 g/mol. The Morgan fingerprint density at radius 3 is 2.33 bits per heavy atom. The average molecular weight is 409 g/mol. The number of hydrogen-bond acceptors (Lipinski definition) is 4. The molecule has 0 aromatic heterocycles. The minimum atomic E-state index is -0.0169. The lowest BCUT2D eigenvalue weighted by Gasteiger charge is -2.10. The van der Waals surface area contributed by atoms with Crippen molar-refractivity contribution in [1.82, 2.24) is 5.32 Å². The number of benzene rings is 1. The van der Waals surface area contributed by atoms with Crippen LogP contribution in [-0.4, -0.2) is 31.8 Å². The number of nitrogens with zero attached hydrogens (tertiary/aromatic N) is 1. The molecule has 0 heterocycles. The second-order valence-corrected chi connectivity index (χ2v) is 4.33. The number of unbranched alkanes of at least 4 members (excludes halogenated alkanes) is 1. The van der Waals surface area contributed by atoms with Gasteiger partial charge < -0.3 is 25.6 Å². The van der Waals surface area contributed by atoms with Crippen LogP contribution in [-0.2, 0) is 6.54 Å². The average Bonchev–Trinajstić information content (AvgIpc) is 2.46. The predicted octanol–water partition coefficient (Wildman–Crippen LogP) is 2.23. The minimum Gasteiger partial charge on any atom is -0.502 e. The van der Waals surface area contributed by atoms with E-state index in [1.807, 2.05) is 0 Å². The zero-order valence-electron chi connectivity index (χ0n) is 12.7. The third kappa shape index (κ3) is 6.28. The normalized spacial score (nSPS) is 10.7. The van der Waals surface area contributed by atoms with Crippen LogP contribution in [0, 0.1) is 0 Å². The number of guanidine groups is 1. The van der Waals surface area contributed by atoms with Gasteiger partial charge in [-0.1, -0.05) is 13.3 Å². The number of hydrogen-bond donors (Lipinski definition) is 3. The fourth-order valence-electron chi connectivity index (χ4n) is 1.66. The van der Waals surface area contributed by atoms with Gasteiger partial charge in [-0.25, -0.2) is 4.99 Å². The van der Waals surface area contributed by atoms with Crippen LogP contribution >= 0.6 is 24.0 Å². The first-order chi connectivity index (χ1) is 9.62. The van der Waals surface area contributed by atoms with Gasteiger partial charge in [0.1, 0.15) is 0 Å². The van der Waals surface area contributed by atoms with Crippen molar-refractivity contribution < 1.29 is 14.6 Å². The van der Waals surface area contributed by atoms with E-state index in [-0.39, 0.29) is 29.7 Å². The van der Waals surface area contributed by atoms with Crippen molar-refractivity contribution in [2.45, 2.75) is 26.3 Å². The maximum Gasteiger partial charge on any atom is 0.200 e. The predicted molar refractivity (Wildman–Crippen MR) is 94.9 cm³/mol. The van der Waals surface area contributed by atoms with Gasteiger partial charge in [0.25, 0.3) is 0 Å². The SMILES string of the molecule is CCCCNC(N)=NCc1cc(OC)c(O)c(OC)c1.I. The number of aromatic hydroxyl groups is 1. The van der Waals surface area contributed by atoms with E-state index in [1.165, 1.54) is 14.2 Å². The Morgan fingerprint density at radius 2 is 1.86 bits per heavy atom. The lowest BCUT2D eigenvalue weighted by Crippen LogP contribution is -2.32. The summed E-state index contributed by atoms with van der Waals surface area (Å²) in [5, 5.41) is 12.8. The molecule has 0 radical (unpaired) electrons. The number of halogens is 1. The topological polar surface area (TPSA) is 89.1 Å². The maximum atomic E-state index is 9.81. The van der Waals surface area contributed by atoms with Crippen LogP contribution in [0.25, 0.3) is 0 Å². The molecule has 1 aromatic carbocycles. The molecule has 6 nitrogen and oxygen atoms in total. The molecule has 0 fully saturated rings. The second-order valence-electron chi connectivity index (χ2n) is 4.33. The van der Waals surface area contributed by atoms with Crippen molar-refractivity contribution in [3.05, 3.63) is 17.7 Å². The molecule has 1 aromatic rings. The molecule has 21 heavy (non-hydrogen) atoms. The van der Waals surface area contributed by atoms with E-state index in [9.17, 15) is 5.11 Å². The first kappa shape index (κ1) is 19.6. The zero-order chi connectivity index (χ0) is 15.0. The highest BCUT2D eigenvalue weighted by molar-refractivity contribution is 14.0. The molecule has 1 rings (SSSR count). The van der Waals surface area contributed by atoms with Crippen LogP contribution in [0.5, 0.6) is 17.2 Å². The van der Waals surface area contributed by atoms with Gasteiger partial charge in [0.05, 0.1) is 20.8 Å². The Bertz CT molecular complexity index is 442. The number of rotatable bonds is 7. The van der Waals surface area contributed by atoms with Crippen molar-refractivity contribution in [3.63, 3.8) is 0 Å². The van der Waals surface area contributed by atoms with Crippen molar-refractivity contribution in [2.75, 3.05) is 20.8 Å². The Balaban J connectivity index is 0.00000400. The van der Waals surface area contributed by atoms with Crippen LogP contribution in [0.2, 0.25) is 0 Å². The lowest BCUT2D eigenvalue weighted by atomic mass is 10.2. The van der Waals surface area contributed by atoms with E-state index in [2.05, 4.69) is 17.2 Å². The smallest absolute Gasteiger partial charge is 0.200 e.